The fraction of sp³-hybridized carbons (Fsp3) is 0.190. The van der Waals surface area contributed by atoms with Crippen molar-refractivity contribution in [2.24, 2.45) is 0 Å². The van der Waals surface area contributed by atoms with E-state index in [4.69, 9.17) is 11.6 Å². The molecule has 2 N–H and O–H groups in total. The molecule has 6 heteroatoms. The van der Waals surface area contributed by atoms with Crippen LogP contribution in [0.15, 0.2) is 54.6 Å². The van der Waals surface area contributed by atoms with Crippen LogP contribution in [0.1, 0.15) is 41.5 Å². The highest BCUT2D eigenvalue weighted by Gasteiger charge is 2.11. The van der Waals surface area contributed by atoms with Gasteiger partial charge in [-0.25, -0.2) is 9.97 Å². The van der Waals surface area contributed by atoms with Crippen molar-refractivity contribution in [1.82, 2.24) is 9.97 Å². The number of carbonyl (C=O) groups excluding carboxylic acids is 1. The number of hydrogen-bond acceptors (Lipinski definition) is 4. The molecule has 5 nitrogen and oxygen atoms in total. The van der Waals surface area contributed by atoms with Gasteiger partial charge in [0.15, 0.2) is 0 Å². The van der Waals surface area contributed by atoms with Crippen molar-refractivity contribution < 1.29 is 4.79 Å². The van der Waals surface area contributed by atoms with Gasteiger partial charge in [-0.05, 0) is 60.9 Å². The minimum atomic E-state index is -0.305. The number of amides is 1. The van der Waals surface area contributed by atoms with Gasteiger partial charge in [0, 0.05) is 22.1 Å². The summed E-state index contributed by atoms with van der Waals surface area (Å²) in [6, 6.07) is 16.7. The van der Waals surface area contributed by atoms with Crippen LogP contribution < -0.4 is 10.6 Å². The normalized spacial score (nSPS) is 10.7. The van der Waals surface area contributed by atoms with Crippen molar-refractivity contribution in [3.8, 4) is 0 Å². The zero-order chi connectivity index (χ0) is 19.4. The van der Waals surface area contributed by atoms with E-state index in [0.717, 1.165) is 5.69 Å². The van der Waals surface area contributed by atoms with Gasteiger partial charge in [0.05, 0.1) is 0 Å². The maximum Gasteiger partial charge on any atom is 0.274 e. The second-order valence-electron chi connectivity index (χ2n) is 6.58. The van der Waals surface area contributed by atoms with Crippen molar-refractivity contribution in [1.29, 1.82) is 0 Å². The van der Waals surface area contributed by atoms with Crippen LogP contribution in [-0.4, -0.2) is 15.9 Å². The largest absolute Gasteiger partial charge is 0.324 e. The third-order valence-electron chi connectivity index (χ3n) is 4.02. The van der Waals surface area contributed by atoms with Gasteiger partial charge in [-0.15, -0.1) is 0 Å². The van der Waals surface area contributed by atoms with Gasteiger partial charge < -0.3 is 10.6 Å². The fourth-order valence-corrected chi connectivity index (χ4v) is 2.68. The van der Waals surface area contributed by atoms with E-state index in [1.165, 1.54) is 5.56 Å². The molecule has 138 valence electrons. The number of aromatic nitrogens is 2. The SMILES string of the molecule is Cc1cc(C(=O)Nc2ccc(Cl)cc2)nc(Nc2ccc(C(C)C)cc2)n1. The van der Waals surface area contributed by atoms with E-state index in [0.29, 0.717) is 34.0 Å². The molecule has 1 heterocycles. The number of halogens is 1. The van der Waals surface area contributed by atoms with Crippen LogP contribution in [0.4, 0.5) is 17.3 Å². The number of benzene rings is 2. The van der Waals surface area contributed by atoms with Gasteiger partial charge in [-0.1, -0.05) is 37.6 Å². The van der Waals surface area contributed by atoms with Crippen LogP contribution in [0, 0.1) is 6.92 Å². The molecule has 1 amide bonds. The van der Waals surface area contributed by atoms with Crippen LogP contribution in [0.25, 0.3) is 0 Å². The number of hydrogen-bond donors (Lipinski definition) is 2. The predicted molar refractivity (Wildman–Crippen MR) is 110 cm³/mol. The first-order valence-electron chi connectivity index (χ1n) is 8.70. The quantitative estimate of drug-likeness (QED) is 0.608. The first-order valence-corrected chi connectivity index (χ1v) is 9.08. The van der Waals surface area contributed by atoms with E-state index in [9.17, 15) is 4.79 Å². The fourth-order valence-electron chi connectivity index (χ4n) is 2.55. The number of carbonyl (C=O) groups is 1. The topological polar surface area (TPSA) is 66.9 Å². The zero-order valence-corrected chi connectivity index (χ0v) is 16.2. The molecule has 0 aliphatic carbocycles. The Hall–Kier alpha value is -2.92. The Morgan fingerprint density at radius 1 is 0.963 bits per heavy atom. The number of rotatable bonds is 5. The summed E-state index contributed by atoms with van der Waals surface area (Å²) in [6.45, 7) is 6.13. The minimum Gasteiger partial charge on any atom is -0.324 e. The van der Waals surface area contributed by atoms with Crippen molar-refractivity contribution >= 4 is 34.8 Å². The third kappa shape index (κ3) is 5.05. The smallest absolute Gasteiger partial charge is 0.274 e. The lowest BCUT2D eigenvalue weighted by Gasteiger charge is -2.10. The molecule has 0 aliphatic rings. The Morgan fingerprint density at radius 2 is 1.59 bits per heavy atom. The van der Waals surface area contributed by atoms with E-state index in [1.807, 2.05) is 19.1 Å². The minimum absolute atomic E-state index is 0.291. The molecule has 2 aromatic carbocycles. The highest BCUT2D eigenvalue weighted by Crippen LogP contribution is 2.20. The van der Waals surface area contributed by atoms with Crippen molar-refractivity contribution in [2.75, 3.05) is 10.6 Å². The number of aryl methyl sites for hydroxylation is 1. The average Bonchev–Trinajstić information content (AvgIpc) is 2.63. The molecule has 0 unspecified atom stereocenters. The van der Waals surface area contributed by atoms with Crippen LogP contribution in [0.5, 0.6) is 0 Å². The molecule has 0 atom stereocenters. The van der Waals surface area contributed by atoms with E-state index >= 15 is 0 Å². The Balaban J connectivity index is 1.77. The summed E-state index contributed by atoms with van der Waals surface area (Å²) in [7, 11) is 0. The summed E-state index contributed by atoms with van der Waals surface area (Å²) in [6.07, 6.45) is 0. The van der Waals surface area contributed by atoms with Gasteiger partial charge in [0.2, 0.25) is 5.95 Å². The summed E-state index contributed by atoms with van der Waals surface area (Å²) < 4.78 is 0. The molecule has 0 radical (unpaired) electrons. The number of anilines is 3. The Kier molecular flexibility index (Phi) is 5.72. The Morgan fingerprint density at radius 3 is 2.22 bits per heavy atom. The first kappa shape index (κ1) is 18.9. The summed E-state index contributed by atoms with van der Waals surface area (Å²) in [5.41, 5.74) is 3.77. The van der Waals surface area contributed by atoms with E-state index < -0.39 is 0 Å². The van der Waals surface area contributed by atoms with E-state index in [1.54, 1.807) is 30.3 Å². The molecular weight excluding hydrogens is 360 g/mol. The van der Waals surface area contributed by atoms with Crippen molar-refractivity contribution in [2.45, 2.75) is 26.7 Å². The lowest BCUT2D eigenvalue weighted by Crippen LogP contribution is -2.15. The molecule has 0 saturated heterocycles. The molecule has 0 bridgehead atoms. The van der Waals surface area contributed by atoms with Gasteiger partial charge >= 0.3 is 0 Å². The zero-order valence-electron chi connectivity index (χ0n) is 15.5. The van der Waals surface area contributed by atoms with Crippen LogP contribution in [0.2, 0.25) is 5.02 Å². The molecule has 0 spiro atoms. The maximum absolute atomic E-state index is 12.5. The van der Waals surface area contributed by atoms with Gasteiger partial charge in [0.1, 0.15) is 5.69 Å². The standard InChI is InChI=1S/C21H21ClN4O/c1-13(2)15-4-8-18(9-5-15)25-21-23-14(3)12-19(26-21)20(27)24-17-10-6-16(22)7-11-17/h4-13H,1-3H3,(H,24,27)(H,23,25,26). The summed E-state index contributed by atoms with van der Waals surface area (Å²) in [4.78, 5) is 21.2. The van der Waals surface area contributed by atoms with Crippen LogP contribution in [-0.2, 0) is 0 Å². The lowest BCUT2D eigenvalue weighted by molar-refractivity contribution is 0.102. The summed E-state index contributed by atoms with van der Waals surface area (Å²) in [5.74, 6) is 0.548. The summed E-state index contributed by atoms with van der Waals surface area (Å²) >= 11 is 5.87. The van der Waals surface area contributed by atoms with Crippen LogP contribution in [0.3, 0.4) is 0 Å². The van der Waals surface area contributed by atoms with Gasteiger partial charge in [0.25, 0.3) is 5.91 Å². The average molecular weight is 381 g/mol. The molecule has 3 rings (SSSR count). The van der Waals surface area contributed by atoms with E-state index in [2.05, 4.69) is 46.6 Å². The van der Waals surface area contributed by atoms with Crippen molar-refractivity contribution in [3.63, 3.8) is 0 Å². The molecule has 0 saturated carbocycles. The number of nitrogens with one attached hydrogen (secondary N) is 2. The second-order valence-corrected chi connectivity index (χ2v) is 7.02. The molecule has 0 aliphatic heterocycles. The molecular formula is C21H21ClN4O. The molecule has 27 heavy (non-hydrogen) atoms. The van der Waals surface area contributed by atoms with Crippen LogP contribution >= 0.6 is 11.6 Å². The lowest BCUT2D eigenvalue weighted by atomic mass is 10.0. The monoisotopic (exact) mass is 380 g/mol. The second kappa shape index (κ2) is 8.18. The highest BCUT2D eigenvalue weighted by atomic mass is 35.5. The number of nitrogens with zero attached hydrogens (tertiary/aromatic N) is 2. The molecule has 0 fully saturated rings. The highest BCUT2D eigenvalue weighted by molar-refractivity contribution is 6.30. The Bertz CT molecular complexity index is 937. The van der Waals surface area contributed by atoms with Crippen molar-refractivity contribution in [3.05, 3.63) is 76.6 Å². The first-order chi connectivity index (χ1) is 12.9. The predicted octanol–water partition coefficient (Wildman–Crippen LogP) is 5.56. The third-order valence-corrected chi connectivity index (χ3v) is 4.27. The van der Waals surface area contributed by atoms with Gasteiger partial charge in [-0.2, -0.15) is 0 Å². The maximum atomic E-state index is 12.5. The van der Waals surface area contributed by atoms with E-state index in [-0.39, 0.29) is 5.91 Å². The molecule has 1 aromatic heterocycles. The molecule has 3 aromatic rings. The Labute approximate surface area is 163 Å². The summed E-state index contributed by atoms with van der Waals surface area (Å²) in [5, 5.41) is 6.58. The van der Waals surface area contributed by atoms with Gasteiger partial charge in [-0.3, -0.25) is 4.79 Å².